The van der Waals surface area contributed by atoms with Crippen molar-refractivity contribution >= 4 is 38.4 Å². The molecule has 3 heterocycles. The van der Waals surface area contributed by atoms with Gasteiger partial charge in [-0.15, -0.1) is 0 Å². The highest BCUT2D eigenvalue weighted by molar-refractivity contribution is 9.10. The maximum atomic E-state index is 12.7. The molecular formula is C16H17BrClN3O2. The van der Waals surface area contributed by atoms with Crippen LogP contribution < -0.4 is 10.9 Å². The van der Waals surface area contributed by atoms with Gasteiger partial charge in [0.15, 0.2) is 0 Å². The Morgan fingerprint density at radius 3 is 3.17 bits per heavy atom. The number of benzene rings is 1. The molecule has 7 heteroatoms. The second-order valence-corrected chi connectivity index (χ2v) is 7.48. The van der Waals surface area contributed by atoms with E-state index < -0.39 is 0 Å². The van der Waals surface area contributed by atoms with Crippen LogP contribution in [0, 0.1) is 0 Å². The first-order valence-corrected chi connectivity index (χ1v) is 9.02. The van der Waals surface area contributed by atoms with Gasteiger partial charge in [0.2, 0.25) is 0 Å². The van der Waals surface area contributed by atoms with Gasteiger partial charge in [-0.25, -0.2) is 4.98 Å². The first-order chi connectivity index (χ1) is 11.1. The highest BCUT2D eigenvalue weighted by Crippen LogP contribution is 2.28. The van der Waals surface area contributed by atoms with E-state index in [4.69, 9.17) is 16.3 Å². The number of hydrogen-bond acceptors (Lipinski definition) is 4. The van der Waals surface area contributed by atoms with Crippen LogP contribution in [0.3, 0.4) is 0 Å². The summed E-state index contributed by atoms with van der Waals surface area (Å²) in [5.41, 5.74) is 0.570. The molecule has 0 amide bonds. The minimum Gasteiger partial charge on any atom is -0.371 e. The number of fused-ring (bicyclic) bond motifs is 2. The average Bonchev–Trinajstić information content (AvgIpc) is 2.94. The summed E-state index contributed by atoms with van der Waals surface area (Å²) in [4.78, 5) is 17.1. The van der Waals surface area contributed by atoms with Gasteiger partial charge in [-0.3, -0.25) is 9.36 Å². The molecule has 4 rings (SSSR count). The van der Waals surface area contributed by atoms with Crippen LogP contribution in [0.2, 0.25) is 5.02 Å². The monoisotopic (exact) mass is 397 g/mol. The molecule has 2 aromatic rings. The first kappa shape index (κ1) is 15.6. The minimum atomic E-state index is -0.0733. The summed E-state index contributed by atoms with van der Waals surface area (Å²) in [6.45, 7) is 1.59. The lowest BCUT2D eigenvalue weighted by atomic mass is 10.00. The molecule has 5 nitrogen and oxygen atoms in total. The first-order valence-electron chi connectivity index (χ1n) is 7.85. The number of halogens is 2. The Kier molecular flexibility index (Phi) is 4.17. The molecule has 23 heavy (non-hydrogen) atoms. The van der Waals surface area contributed by atoms with E-state index in [1.165, 1.54) is 0 Å². The van der Waals surface area contributed by atoms with Crippen molar-refractivity contribution in [1.29, 1.82) is 0 Å². The summed E-state index contributed by atoms with van der Waals surface area (Å²) in [7, 11) is 0. The summed E-state index contributed by atoms with van der Waals surface area (Å²) in [6.07, 6.45) is 5.13. The summed E-state index contributed by atoms with van der Waals surface area (Å²) >= 11 is 9.47. The summed E-state index contributed by atoms with van der Waals surface area (Å²) in [5.74, 6) is 0. The van der Waals surface area contributed by atoms with Crippen molar-refractivity contribution in [1.82, 2.24) is 14.9 Å². The average molecular weight is 399 g/mol. The standard InChI is InChI=1S/C16H17BrClN3O2/c17-11-6-13-10(5-12(11)18)16(22)21(8-20-13)7-9-4-14-15(23-9)2-1-3-19-14/h5-6,8-9,14-15,19H,1-4,7H2/t9?,14-,15-/m0/s1. The molecule has 2 aliphatic heterocycles. The summed E-state index contributed by atoms with van der Waals surface area (Å²) < 4.78 is 8.47. The SMILES string of the molecule is O=c1c2cc(Cl)c(Br)cc2ncn1CC1C[C@@H]2NCCC[C@@H]2O1. The highest BCUT2D eigenvalue weighted by Gasteiger charge is 2.36. The molecule has 1 aromatic heterocycles. The number of rotatable bonds is 2. The van der Waals surface area contributed by atoms with Crippen LogP contribution in [0.5, 0.6) is 0 Å². The molecule has 0 spiro atoms. The molecule has 0 radical (unpaired) electrons. The summed E-state index contributed by atoms with van der Waals surface area (Å²) in [6, 6.07) is 3.86. The van der Waals surface area contributed by atoms with Gasteiger partial charge in [0.25, 0.3) is 5.56 Å². The number of nitrogens with zero attached hydrogens (tertiary/aromatic N) is 2. The molecule has 0 bridgehead atoms. The van der Waals surface area contributed by atoms with E-state index in [1.807, 2.05) is 0 Å². The largest absolute Gasteiger partial charge is 0.371 e. The van der Waals surface area contributed by atoms with E-state index in [0.29, 0.717) is 28.5 Å². The Morgan fingerprint density at radius 1 is 1.48 bits per heavy atom. The summed E-state index contributed by atoms with van der Waals surface area (Å²) in [5, 5.41) is 4.56. The van der Waals surface area contributed by atoms with E-state index in [1.54, 1.807) is 23.0 Å². The zero-order valence-electron chi connectivity index (χ0n) is 12.5. The van der Waals surface area contributed by atoms with Gasteiger partial charge in [0.1, 0.15) is 0 Å². The maximum absolute atomic E-state index is 12.7. The van der Waals surface area contributed by atoms with Gasteiger partial charge in [-0.2, -0.15) is 0 Å². The van der Waals surface area contributed by atoms with Gasteiger partial charge in [0.05, 0.1) is 41.0 Å². The molecule has 0 saturated carbocycles. The van der Waals surface area contributed by atoms with Gasteiger partial charge in [0, 0.05) is 10.5 Å². The Balaban J connectivity index is 1.61. The van der Waals surface area contributed by atoms with Crippen LogP contribution in [0.1, 0.15) is 19.3 Å². The van der Waals surface area contributed by atoms with Crippen molar-refractivity contribution in [3.8, 4) is 0 Å². The third-order valence-electron chi connectivity index (χ3n) is 4.67. The van der Waals surface area contributed by atoms with Crippen molar-refractivity contribution in [3.63, 3.8) is 0 Å². The molecule has 3 atom stereocenters. The lowest BCUT2D eigenvalue weighted by Gasteiger charge is -2.24. The Morgan fingerprint density at radius 2 is 2.35 bits per heavy atom. The normalized spacial score (nSPS) is 27.3. The molecule has 2 saturated heterocycles. The molecule has 1 aromatic carbocycles. The van der Waals surface area contributed by atoms with Crippen molar-refractivity contribution in [2.75, 3.05) is 6.54 Å². The second kappa shape index (κ2) is 6.16. The van der Waals surface area contributed by atoms with Crippen LogP contribution in [0.15, 0.2) is 27.7 Å². The lowest BCUT2D eigenvalue weighted by Crippen LogP contribution is -2.41. The van der Waals surface area contributed by atoms with Crippen molar-refractivity contribution < 1.29 is 4.74 Å². The van der Waals surface area contributed by atoms with Crippen LogP contribution in [-0.4, -0.2) is 34.3 Å². The molecule has 122 valence electrons. The van der Waals surface area contributed by atoms with Crippen LogP contribution in [0.4, 0.5) is 0 Å². The third-order valence-corrected chi connectivity index (χ3v) is 5.87. The number of nitrogens with one attached hydrogen (secondary N) is 1. The lowest BCUT2D eigenvalue weighted by molar-refractivity contribution is 0.0184. The predicted molar refractivity (Wildman–Crippen MR) is 93.0 cm³/mol. The smallest absolute Gasteiger partial charge is 0.261 e. The zero-order valence-corrected chi connectivity index (χ0v) is 14.8. The quantitative estimate of drug-likeness (QED) is 0.845. The van der Waals surface area contributed by atoms with Gasteiger partial charge in [-0.1, -0.05) is 11.6 Å². The Bertz CT molecular complexity index is 796. The number of aromatic nitrogens is 2. The predicted octanol–water partition coefficient (Wildman–Crippen LogP) is 2.72. The van der Waals surface area contributed by atoms with E-state index in [2.05, 4.69) is 26.2 Å². The second-order valence-electron chi connectivity index (χ2n) is 6.22. The number of hydrogen-bond donors (Lipinski definition) is 1. The third kappa shape index (κ3) is 2.93. The van der Waals surface area contributed by atoms with Crippen LogP contribution in [-0.2, 0) is 11.3 Å². The van der Waals surface area contributed by atoms with E-state index in [0.717, 1.165) is 30.3 Å². The number of ether oxygens (including phenoxy) is 1. The topological polar surface area (TPSA) is 56.2 Å². The number of piperidine rings is 1. The molecule has 1 N–H and O–H groups in total. The fraction of sp³-hybridized carbons (Fsp3) is 0.500. The Hall–Kier alpha value is -0.950. The van der Waals surface area contributed by atoms with Crippen LogP contribution >= 0.6 is 27.5 Å². The van der Waals surface area contributed by atoms with E-state index >= 15 is 0 Å². The molecule has 0 aliphatic carbocycles. The van der Waals surface area contributed by atoms with Gasteiger partial charge in [-0.05, 0) is 53.9 Å². The molecular weight excluding hydrogens is 382 g/mol. The van der Waals surface area contributed by atoms with Crippen molar-refractivity contribution in [2.24, 2.45) is 0 Å². The van der Waals surface area contributed by atoms with Crippen molar-refractivity contribution in [3.05, 3.63) is 38.3 Å². The zero-order chi connectivity index (χ0) is 16.0. The van der Waals surface area contributed by atoms with E-state index in [9.17, 15) is 4.79 Å². The Labute approximate surface area is 147 Å². The van der Waals surface area contributed by atoms with Crippen LogP contribution in [0.25, 0.3) is 10.9 Å². The van der Waals surface area contributed by atoms with Gasteiger partial charge >= 0.3 is 0 Å². The fourth-order valence-electron chi connectivity index (χ4n) is 3.53. The molecule has 2 fully saturated rings. The fourth-order valence-corrected chi connectivity index (χ4v) is 4.02. The van der Waals surface area contributed by atoms with E-state index in [-0.39, 0.29) is 17.8 Å². The highest BCUT2D eigenvalue weighted by atomic mass is 79.9. The van der Waals surface area contributed by atoms with Crippen molar-refractivity contribution in [2.45, 2.75) is 44.1 Å². The maximum Gasteiger partial charge on any atom is 0.261 e. The van der Waals surface area contributed by atoms with Gasteiger partial charge < -0.3 is 10.1 Å². The molecule has 2 aliphatic rings. The molecule has 1 unspecified atom stereocenters. The minimum absolute atomic E-state index is 0.0541.